The monoisotopic (exact) mass is 485 g/mol. The normalized spacial score (nSPS) is 20.5. The summed E-state index contributed by atoms with van der Waals surface area (Å²) >= 11 is 1.56. The van der Waals surface area contributed by atoms with Crippen LogP contribution in [0.2, 0.25) is 0 Å². The summed E-state index contributed by atoms with van der Waals surface area (Å²) in [4.78, 5) is 20.2. The number of sulfone groups is 1. The number of hydrogen-bond donors (Lipinski definition) is 1. The number of aliphatic imine (C=N–C) groups is 1. The van der Waals surface area contributed by atoms with Crippen LogP contribution in [0.3, 0.4) is 0 Å². The maximum atomic E-state index is 13.4. The van der Waals surface area contributed by atoms with Gasteiger partial charge in [-0.15, -0.1) is 0 Å². The van der Waals surface area contributed by atoms with Crippen LogP contribution in [0.15, 0.2) is 57.2 Å². The lowest BCUT2D eigenvalue weighted by Crippen LogP contribution is -2.34. The first kappa shape index (κ1) is 22.4. The first-order valence-electron chi connectivity index (χ1n) is 11.2. The molecule has 0 aromatic heterocycles. The SMILES string of the molecule is CN1c2ccccc2S(=O)(=O)c2ccc(C(CC3CCOCC3)C(=O)NC3=NCCS3)cc21. The Morgan fingerprint density at radius 1 is 1.18 bits per heavy atom. The Hall–Kier alpha value is -2.36. The minimum Gasteiger partial charge on any atom is -0.381 e. The van der Waals surface area contributed by atoms with Crippen molar-refractivity contribution in [2.24, 2.45) is 10.9 Å². The molecule has 2 aromatic carbocycles. The molecule has 1 amide bonds. The fraction of sp³-hybridized carbons (Fsp3) is 0.417. The van der Waals surface area contributed by atoms with E-state index in [0.717, 1.165) is 24.2 Å². The van der Waals surface area contributed by atoms with Crippen LogP contribution in [-0.4, -0.2) is 52.1 Å². The van der Waals surface area contributed by atoms with E-state index < -0.39 is 15.8 Å². The van der Waals surface area contributed by atoms with Crippen LogP contribution in [0, 0.1) is 5.92 Å². The number of nitrogens with zero attached hydrogens (tertiary/aromatic N) is 2. The van der Waals surface area contributed by atoms with Crippen LogP contribution in [0.5, 0.6) is 0 Å². The van der Waals surface area contributed by atoms with E-state index in [-0.39, 0.29) is 10.8 Å². The Morgan fingerprint density at radius 3 is 2.70 bits per heavy atom. The molecule has 9 heteroatoms. The fourth-order valence-corrected chi connectivity index (χ4v) is 7.19. The van der Waals surface area contributed by atoms with Crippen molar-refractivity contribution in [3.63, 3.8) is 0 Å². The Labute approximate surface area is 198 Å². The van der Waals surface area contributed by atoms with E-state index in [9.17, 15) is 13.2 Å². The van der Waals surface area contributed by atoms with Crippen molar-refractivity contribution in [3.05, 3.63) is 48.0 Å². The summed E-state index contributed by atoms with van der Waals surface area (Å²) in [5, 5.41) is 3.67. The lowest BCUT2D eigenvalue weighted by Gasteiger charge is -2.31. The minimum atomic E-state index is -3.62. The number of benzene rings is 2. The van der Waals surface area contributed by atoms with E-state index in [1.807, 2.05) is 30.1 Å². The van der Waals surface area contributed by atoms with E-state index in [2.05, 4.69) is 10.3 Å². The second kappa shape index (κ2) is 9.12. The van der Waals surface area contributed by atoms with Crippen LogP contribution >= 0.6 is 11.8 Å². The molecule has 3 aliphatic heterocycles. The van der Waals surface area contributed by atoms with Crippen molar-refractivity contribution in [3.8, 4) is 0 Å². The lowest BCUT2D eigenvalue weighted by molar-refractivity contribution is -0.121. The summed E-state index contributed by atoms with van der Waals surface area (Å²) in [6, 6.07) is 12.3. The van der Waals surface area contributed by atoms with Crippen molar-refractivity contribution in [2.75, 3.05) is 37.5 Å². The summed E-state index contributed by atoms with van der Waals surface area (Å²) in [5.41, 5.74) is 2.07. The van der Waals surface area contributed by atoms with Crippen molar-refractivity contribution in [1.82, 2.24) is 5.32 Å². The highest BCUT2D eigenvalue weighted by molar-refractivity contribution is 8.14. The molecule has 7 nitrogen and oxygen atoms in total. The Morgan fingerprint density at radius 2 is 1.94 bits per heavy atom. The number of amides is 1. The highest BCUT2D eigenvalue weighted by Crippen LogP contribution is 2.44. The van der Waals surface area contributed by atoms with E-state index in [0.29, 0.717) is 53.5 Å². The summed E-state index contributed by atoms with van der Waals surface area (Å²) in [5.74, 6) is 0.777. The molecule has 1 atom stereocenters. The Bertz CT molecular complexity index is 1210. The van der Waals surface area contributed by atoms with Gasteiger partial charge in [-0.1, -0.05) is 30.0 Å². The van der Waals surface area contributed by atoms with Gasteiger partial charge in [0, 0.05) is 26.0 Å². The predicted octanol–water partition coefficient (Wildman–Crippen LogP) is 3.72. The number of carbonyl (C=O) groups excluding carboxylic acids is 1. The molecule has 1 N–H and O–H groups in total. The number of carbonyl (C=O) groups is 1. The summed E-state index contributed by atoms with van der Waals surface area (Å²) in [6.45, 7) is 2.14. The fourth-order valence-electron chi connectivity index (χ4n) is 4.76. The zero-order valence-corrected chi connectivity index (χ0v) is 20.1. The maximum absolute atomic E-state index is 13.4. The molecule has 5 rings (SSSR count). The number of amidine groups is 1. The van der Waals surface area contributed by atoms with Gasteiger partial charge in [0.15, 0.2) is 5.17 Å². The zero-order chi connectivity index (χ0) is 23.0. The third kappa shape index (κ3) is 4.29. The predicted molar refractivity (Wildman–Crippen MR) is 130 cm³/mol. The molecule has 3 aliphatic rings. The quantitative estimate of drug-likeness (QED) is 0.710. The van der Waals surface area contributed by atoms with E-state index in [4.69, 9.17) is 4.74 Å². The van der Waals surface area contributed by atoms with Gasteiger partial charge < -0.3 is 15.0 Å². The first-order valence-corrected chi connectivity index (χ1v) is 13.7. The molecule has 0 aliphatic carbocycles. The van der Waals surface area contributed by atoms with E-state index in [1.165, 1.54) is 0 Å². The van der Waals surface area contributed by atoms with Gasteiger partial charge in [-0.2, -0.15) is 0 Å². The molecule has 1 fully saturated rings. The molecule has 2 aromatic rings. The van der Waals surface area contributed by atoms with Crippen LogP contribution in [0.1, 0.15) is 30.7 Å². The number of hydrogen-bond acceptors (Lipinski definition) is 7. The lowest BCUT2D eigenvalue weighted by atomic mass is 9.84. The summed E-state index contributed by atoms with van der Waals surface area (Å²) < 4.78 is 32.0. The van der Waals surface area contributed by atoms with Crippen molar-refractivity contribution >= 4 is 44.0 Å². The summed E-state index contributed by atoms with van der Waals surface area (Å²) in [7, 11) is -1.76. The number of thioether (sulfide) groups is 1. The van der Waals surface area contributed by atoms with E-state index >= 15 is 0 Å². The van der Waals surface area contributed by atoms with Gasteiger partial charge in [0.1, 0.15) is 0 Å². The molecule has 0 radical (unpaired) electrons. The van der Waals surface area contributed by atoms with Gasteiger partial charge >= 0.3 is 0 Å². The first-order chi connectivity index (χ1) is 15.9. The number of rotatable bonds is 4. The minimum absolute atomic E-state index is 0.0867. The number of para-hydroxylation sites is 1. The largest absolute Gasteiger partial charge is 0.381 e. The third-order valence-electron chi connectivity index (χ3n) is 6.59. The van der Waals surface area contributed by atoms with Gasteiger partial charge in [0.05, 0.1) is 33.6 Å². The topological polar surface area (TPSA) is 88.1 Å². The van der Waals surface area contributed by atoms with Crippen LogP contribution < -0.4 is 10.2 Å². The smallest absolute Gasteiger partial charge is 0.233 e. The molecule has 3 heterocycles. The Balaban J connectivity index is 1.52. The van der Waals surface area contributed by atoms with Crippen molar-refractivity contribution < 1.29 is 17.9 Å². The number of fused-ring (bicyclic) bond motifs is 2. The van der Waals surface area contributed by atoms with Gasteiger partial charge in [-0.3, -0.25) is 9.79 Å². The number of nitrogens with one attached hydrogen (secondary N) is 1. The summed E-state index contributed by atoms with van der Waals surface area (Å²) in [6.07, 6.45) is 2.54. The average molecular weight is 486 g/mol. The Kier molecular flexibility index (Phi) is 6.20. The molecule has 0 spiro atoms. The van der Waals surface area contributed by atoms with Crippen LogP contribution in [0.25, 0.3) is 0 Å². The van der Waals surface area contributed by atoms with Gasteiger partial charge in [-0.05, 0) is 55.0 Å². The van der Waals surface area contributed by atoms with Gasteiger partial charge in [0.2, 0.25) is 15.7 Å². The maximum Gasteiger partial charge on any atom is 0.233 e. The number of anilines is 2. The second-order valence-corrected chi connectivity index (χ2v) is 11.6. The standard InChI is InChI=1S/C24H27N3O4S2/c1-27-19-4-2-3-5-21(19)33(29,30)22-7-6-17(15-20(22)27)18(14-16-8-11-31-12-9-16)23(28)26-24-25-10-13-32-24/h2-7,15-16,18H,8-14H2,1H3,(H,25,26,28). The van der Waals surface area contributed by atoms with Gasteiger partial charge in [-0.25, -0.2) is 8.42 Å². The molecular formula is C24H27N3O4S2. The van der Waals surface area contributed by atoms with Crippen LogP contribution in [-0.2, 0) is 19.4 Å². The average Bonchev–Trinajstić information content (AvgIpc) is 3.34. The van der Waals surface area contributed by atoms with E-state index in [1.54, 1.807) is 36.0 Å². The third-order valence-corrected chi connectivity index (χ3v) is 9.33. The zero-order valence-electron chi connectivity index (χ0n) is 18.5. The molecule has 33 heavy (non-hydrogen) atoms. The van der Waals surface area contributed by atoms with Crippen LogP contribution in [0.4, 0.5) is 11.4 Å². The van der Waals surface area contributed by atoms with Gasteiger partial charge in [0.25, 0.3) is 0 Å². The molecule has 1 saturated heterocycles. The molecule has 0 saturated carbocycles. The molecule has 1 unspecified atom stereocenters. The second-order valence-electron chi connectivity index (χ2n) is 8.63. The molecule has 0 bridgehead atoms. The molecular weight excluding hydrogens is 458 g/mol. The number of ether oxygens (including phenoxy) is 1. The van der Waals surface area contributed by atoms with Crippen molar-refractivity contribution in [2.45, 2.75) is 35.0 Å². The highest BCUT2D eigenvalue weighted by Gasteiger charge is 2.34. The highest BCUT2D eigenvalue weighted by atomic mass is 32.2. The van der Waals surface area contributed by atoms with Crippen molar-refractivity contribution in [1.29, 1.82) is 0 Å². The molecule has 174 valence electrons.